The number of ether oxygens (including phenoxy) is 2. The fraction of sp³-hybridized carbons (Fsp3) is 0.667. The van der Waals surface area contributed by atoms with E-state index in [2.05, 4.69) is 59.2 Å². The maximum Gasteiger partial charge on any atom is 2.00 e. The minimum atomic E-state index is 0. The zero-order chi connectivity index (χ0) is 9.98. The van der Waals surface area contributed by atoms with Crippen LogP contribution in [0.5, 0.6) is 0 Å². The average molecular weight is 308 g/mol. The van der Waals surface area contributed by atoms with E-state index in [9.17, 15) is 0 Å². The Kier molecular flexibility index (Phi) is 22.9. The van der Waals surface area contributed by atoms with Crippen molar-refractivity contribution in [1.82, 2.24) is 0 Å². The average Bonchev–Trinajstić information content (AvgIpc) is 1.87. The molecule has 0 aliphatic carbocycles. The summed E-state index contributed by atoms with van der Waals surface area (Å²) >= 11 is 17.5. The van der Waals surface area contributed by atoms with E-state index < -0.39 is 0 Å². The van der Waals surface area contributed by atoms with Gasteiger partial charge in [0.15, 0.2) is 0 Å². The predicted molar refractivity (Wildman–Crippen MR) is 63.2 cm³/mol. The van der Waals surface area contributed by atoms with Crippen molar-refractivity contribution in [1.29, 1.82) is 0 Å². The molecule has 2 nitrogen and oxygen atoms in total. The van der Waals surface area contributed by atoms with Crippen LogP contribution in [-0.4, -0.2) is 22.0 Å². The van der Waals surface area contributed by atoms with Crippen LogP contribution in [0.3, 0.4) is 0 Å². The Balaban J connectivity index is -0.000000143. The molecule has 0 spiro atoms. The number of hydrogen-bond acceptors (Lipinski definition) is 6. The largest absolute Gasteiger partial charge is 2.00 e. The molecule has 0 aliphatic rings. The summed E-state index contributed by atoms with van der Waals surface area (Å²) < 4.78 is 9.59. The normalized spacial score (nSPS) is 6.92. The van der Waals surface area contributed by atoms with Gasteiger partial charge >= 0.3 is 19.5 Å². The van der Waals surface area contributed by atoms with Crippen molar-refractivity contribution in [2.45, 2.75) is 13.8 Å². The summed E-state index contributed by atoms with van der Waals surface area (Å²) in [6.07, 6.45) is 0. The van der Waals surface area contributed by atoms with Gasteiger partial charge in [-0.2, -0.15) is 0 Å². The van der Waals surface area contributed by atoms with Gasteiger partial charge in [0.2, 0.25) is 0 Å². The smallest absolute Gasteiger partial charge is 0.514 e. The summed E-state index contributed by atoms with van der Waals surface area (Å²) in [7, 11) is 0. The van der Waals surface area contributed by atoms with Crippen LogP contribution >= 0.6 is 24.4 Å². The molecule has 0 bridgehead atoms. The first kappa shape index (κ1) is 19.4. The molecule has 0 rings (SSSR count). The Hall–Kier alpha value is 0.843. The molecule has 0 aromatic rings. The summed E-state index contributed by atoms with van der Waals surface area (Å²) in [5, 5.41) is 0. The second-order valence-corrected chi connectivity index (χ2v) is 3.37. The van der Waals surface area contributed by atoms with Gasteiger partial charge in [0.05, 0.1) is 13.2 Å². The molecule has 0 atom stereocenters. The van der Waals surface area contributed by atoms with E-state index in [1.54, 1.807) is 0 Å². The fourth-order valence-corrected chi connectivity index (χ4v) is 0.707. The van der Waals surface area contributed by atoms with Crippen molar-refractivity contribution in [3.05, 3.63) is 0 Å². The van der Waals surface area contributed by atoms with Crippen molar-refractivity contribution in [3.63, 3.8) is 0 Å². The minimum absolute atomic E-state index is 0. The molecule has 0 aliphatic heterocycles. The Morgan fingerprint density at radius 3 is 1.23 bits per heavy atom. The van der Waals surface area contributed by atoms with E-state index >= 15 is 0 Å². The van der Waals surface area contributed by atoms with Crippen molar-refractivity contribution < 1.29 is 29.0 Å². The van der Waals surface area contributed by atoms with E-state index in [-0.39, 0.29) is 28.2 Å². The van der Waals surface area contributed by atoms with Gasteiger partial charge in [0.25, 0.3) is 0 Å². The zero-order valence-electron chi connectivity index (χ0n) is 7.57. The van der Waals surface area contributed by atoms with E-state index in [1.807, 2.05) is 13.8 Å². The van der Waals surface area contributed by atoms with Crippen molar-refractivity contribution in [2.75, 3.05) is 13.2 Å². The topological polar surface area (TPSA) is 18.5 Å². The fourth-order valence-electron chi connectivity index (χ4n) is 0.236. The first-order valence-electron chi connectivity index (χ1n) is 3.22. The number of hydrogen-bond donors (Lipinski definition) is 0. The van der Waals surface area contributed by atoms with Crippen LogP contribution < -0.4 is 0 Å². The van der Waals surface area contributed by atoms with Crippen LogP contribution in [0, 0.1) is 0 Å². The van der Waals surface area contributed by atoms with Gasteiger partial charge in [-0.05, 0) is 13.8 Å². The van der Waals surface area contributed by atoms with Gasteiger partial charge in [-0.15, -0.1) is 0 Å². The first-order valence-corrected chi connectivity index (χ1v) is 4.85. The quantitative estimate of drug-likeness (QED) is 0.436. The van der Waals surface area contributed by atoms with E-state index in [0.29, 0.717) is 13.2 Å². The third kappa shape index (κ3) is 32.2. The maximum absolute atomic E-state index is 4.59. The second-order valence-electron chi connectivity index (χ2n) is 1.37. The van der Waals surface area contributed by atoms with Crippen LogP contribution in [0.4, 0.5) is 0 Å². The number of thiocarbonyl (C=S) groups is 2. The monoisotopic (exact) mass is 306 g/mol. The Labute approximate surface area is 114 Å². The summed E-state index contributed by atoms with van der Waals surface area (Å²) in [6, 6.07) is 0. The third-order valence-corrected chi connectivity index (χ3v) is 0.996. The second kappa shape index (κ2) is 15.3. The minimum Gasteiger partial charge on any atom is -0.514 e. The molecule has 72 valence electrons. The van der Waals surface area contributed by atoms with Crippen LogP contribution in [0.2, 0.25) is 0 Å². The molecule has 0 aromatic carbocycles. The van der Waals surface area contributed by atoms with Crippen molar-refractivity contribution >= 4 is 58.5 Å². The SMILES string of the molecule is CCOC(=S)[S-].CCOC(=S)[S-].[Zn+2]. The summed E-state index contributed by atoms with van der Waals surface area (Å²) in [5.41, 5.74) is 0. The van der Waals surface area contributed by atoms with Gasteiger partial charge in [0.1, 0.15) is 0 Å². The summed E-state index contributed by atoms with van der Waals surface area (Å²) in [5.74, 6) is 0. The molecule has 0 heterocycles. The summed E-state index contributed by atoms with van der Waals surface area (Å²) in [4.78, 5) is 0. The molecular formula is C6H10O2S4Zn. The zero-order valence-corrected chi connectivity index (χ0v) is 13.8. The van der Waals surface area contributed by atoms with Crippen LogP contribution in [-0.2, 0) is 54.2 Å². The van der Waals surface area contributed by atoms with Gasteiger partial charge in [0, 0.05) is 8.77 Å². The maximum atomic E-state index is 4.59. The van der Waals surface area contributed by atoms with Crippen LogP contribution in [0.15, 0.2) is 0 Å². The van der Waals surface area contributed by atoms with Crippen LogP contribution in [0.25, 0.3) is 0 Å². The predicted octanol–water partition coefficient (Wildman–Crippen LogP) is 1.71. The molecule has 0 amide bonds. The molecule has 13 heavy (non-hydrogen) atoms. The molecule has 0 saturated heterocycles. The van der Waals surface area contributed by atoms with E-state index in [0.717, 1.165) is 0 Å². The third-order valence-electron chi connectivity index (χ3n) is 0.524. The first-order chi connectivity index (χ1) is 5.54. The van der Waals surface area contributed by atoms with Crippen molar-refractivity contribution in [2.24, 2.45) is 0 Å². The van der Waals surface area contributed by atoms with Gasteiger partial charge < -0.3 is 59.2 Å². The Morgan fingerprint density at radius 2 is 1.23 bits per heavy atom. The molecule has 0 fully saturated rings. The molecule has 0 aromatic heterocycles. The van der Waals surface area contributed by atoms with Gasteiger partial charge in [-0.1, -0.05) is 0 Å². The van der Waals surface area contributed by atoms with Crippen molar-refractivity contribution in [3.8, 4) is 0 Å². The Bertz CT molecular complexity index is 127. The number of rotatable bonds is 2. The molecule has 7 heteroatoms. The molecule has 0 N–H and O–H groups in total. The Morgan fingerprint density at radius 1 is 1.00 bits per heavy atom. The molecule has 0 saturated carbocycles. The standard InChI is InChI=1S/2C3H6OS2.Zn/c2*1-2-4-3(5)6;/h2*2H2,1H3,(H,5,6);/q;;+2/p-2. The summed E-state index contributed by atoms with van der Waals surface area (Å²) in [6.45, 7) is 4.86. The molecular weight excluding hydrogens is 298 g/mol. The van der Waals surface area contributed by atoms with Crippen LogP contribution in [0.1, 0.15) is 13.8 Å². The van der Waals surface area contributed by atoms with E-state index in [4.69, 9.17) is 0 Å². The molecule has 0 unspecified atom stereocenters. The van der Waals surface area contributed by atoms with E-state index in [1.165, 1.54) is 0 Å². The molecule has 0 radical (unpaired) electrons. The van der Waals surface area contributed by atoms with Gasteiger partial charge in [-0.3, -0.25) is 0 Å². The van der Waals surface area contributed by atoms with Gasteiger partial charge in [-0.25, -0.2) is 0 Å².